The third kappa shape index (κ3) is 4.04. The van der Waals surface area contributed by atoms with Gasteiger partial charge in [0.1, 0.15) is 0 Å². The minimum Gasteiger partial charge on any atom is -0.504 e. The van der Waals surface area contributed by atoms with Crippen LogP contribution in [0.1, 0.15) is 31.0 Å². The molecule has 1 N–H and O–H groups in total. The number of ether oxygens (including phenoxy) is 2. The lowest BCUT2D eigenvalue weighted by Crippen LogP contribution is -2.49. The number of carbonyl (C=O) groups is 2. The van der Waals surface area contributed by atoms with Crippen LogP contribution < -0.4 is 9.64 Å². The number of phenolic OH excluding ortho intramolecular Hbond substituents is 1. The molecule has 0 spiro atoms. The van der Waals surface area contributed by atoms with Gasteiger partial charge in [0, 0.05) is 0 Å². The molecule has 3 aromatic carbocycles. The molecule has 1 aromatic heterocycles. The smallest absolute Gasteiger partial charge is 0.321 e. The van der Waals surface area contributed by atoms with E-state index in [-0.39, 0.29) is 24.7 Å². The van der Waals surface area contributed by atoms with Gasteiger partial charge in [-0.3, -0.25) is 14.5 Å². The molecule has 8 nitrogen and oxygen atoms in total. The molecule has 36 heavy (non-hydrogen) atoms. The maximum absolute atomic E-state index is 14.0. The Morgan fingerprint density at radius 2 is 1.75 bits per heavy atom. The average Bonchev–Trinajstić information content (AvgIpc) is 3.27. The van der Waals surface area contributed by atoms with Gasteiger partial charge in [-0.25, -0.2) is 4.98 Å². The summed E-state index contributed by atoms with van der Waals surface area (Å²) in [6.45, 7) is 4.29. The van der Waals surface area contributed by atoms with Gasteiger partial charge in [0.15, 0.2) is 17.4 Å². The number of phenols is 1. The topological polar surface area (TPSA) is 93.9 Å². The van der Waals surface area contributed by atoms with Crippen LogP contribution in [0.15, 0.2) is 72.8 Å². The van der Waals surface area contributed by atoms with Crippen LogP contribution in [0.4, 0.5) is 5.95 Å². The lowest BCUT2D eigenvalue weighted by atomic mass is 9.89. The number of fused-ring (bicyclic) bond motifs is 3. The van der Waals surface area contributed by atoms with Gasteiger partial charge in [0.2, 0.25) is 11.9 Å². The standard InChI is InChI=1S/C28H27N3O5/c1-3-35-23-16-19(14-15-22(23)32)25-24(27(34)36-4-2)26(33)30(17-18-10-6-5-7-11-18)28-29-20-12-8-9-13-21(20)31(25)28/h5-16,24-25,32H,3-4,17H2,1-2H3/t24-,25-/m1/s1. The quantitative estimate of drug-likeness (QED) is 0.307. The van der Waals surface area contributed by atoms with Crippen molar-refractivity contribution in [1.82, 2.24) is 9.55 Å². The predicted molar refractivity (Wildman–Crippen MR) is 135 cm³/mol. The molecule has 0 radical (unpaired) electrons. The summed E-state index contributed by atoms with van der Waals surface area (Å²) in [5, 5.41) is 10.3. The van der Waals surface area contributed by atoms with Crippen molar-refractivity contribution in [2.24, 2.45) is 5.92 Å². The average molecular weight is 486 g/mol. The summed E-state index contributed by atoms with van der Waals surface area (Å²) in [4.78, 5) is 33.8. The number of anilines is 1. The highest BCUT2D eigenvalue weighted by molar-refractivity contribution is 6.08. The van der Waals surface area contributed by atoms with Gasteiger partial charge in [-0.15, -0.1) is 0 Å². The van der Waals surface area contributed by atoms with E-state index in [0.29, 0.717) is 23.6 Å². The number of imidazole rings is 1. The Morgan fingerprint density at radius 3 is 2.50 bits per heavy atom. The van der Waals surface area contributed by atoms with Crippen LogP contribution in [0, 0.1) is 5.92 Å². The third-order valence-electron chi connectivity index (χ3n) is 6.29. The van der Waals surface area contributed by atoms with Crippen LogP contribution in [-0.4, -0.2) is 39.7 Å². The summed E-state index contributed by atoms with van der Waals surface area (Å²) < 4.78 is 12.9. The van der Waals surface area contributed by atoms with Crippen LogP contribution >= 0.6 is 0 Å². The van der Waals surface area contributed by atoms with Crippen LogP contribution in [0.2, 0.25) is 0 Å². The minimum absolute atomic E-state index is 0.0168. The van der Waals surface area contributed by atoms with Gasteiger partial charge in [-0.1, -0.05) is 48.5 Å². The summed E-state index contributed by atoms with van der Waals surface area (Å²) in [5.74, 6) is -1.45. The number of rotatable bonds is 7. The SMILES string of the molecule is CCOC(=O)[C@H]1C(=O)N(Cc2ccccc2)c2nc3ccccc3n2[C@@H]1c1ccc(O)c(OCC)c1. The molecule has 2 heterocycles. The molecule has 0 aliphatic carbocycles. The fraction of sp³-hybridized carbons (Fsp3) is 0.250. The molecule has 0 fully saturated rings. The van der Waals surface area contributed by atoms with E-state index in [4.69, 9.17) is 14.5 Å². The van der Waals surface area contributed by atoms with E-state index in [1.807, 2.05) is 66.1 Å². The second-order valence-corrected chi connectivity index (χ2v) is 8.52. The van der Waals surface area contributed by atoms with E-state index in [1.165, 1.54) is 6.07 Å². The Bertz CT molecular complexity index is 1420. The number of benzene rings is 3. The first-order valence-corrected chi connectivity index (χ1v) is 12.0. The number of carbonyl (C=O) groups excluding carboxylic acids is 2. The van der Waals surface area contributed by atoms with E-state index >= 15 is 0 Å². The summed E-state index contributed by atoms with van der Waals surface area (Å²) in [6.07, 6.45) is 0. The number of aromatic hydroxyl groups is 1. The monoisotopic (exact) mass is 485 g/mol. The second kappa shape index (κ2) is 9.73. The fourth-order valence-electron chi connectivity index (χ4n) is 4.75. The van der Waals surface area contributed by atoms with E-state index in [2.05, 4.69) is 0 Å². The van der Waals surface area contributed by atoms with Gasteiger partial charge in [0.05, 0.1) is 36.8 Å². The minimum atomic E-state index is -1.15. The maximum atomic E-state index is 14.0. The zero-order valence-corrected chi connectivity index (χ0v) is 20.1. The number of aromatic nitrogens is 2. The van der Waals surface area contributed by atoms with Gasteiger partial charge in [0.25, 0.3) is 0 Å². The van der Waals surface area contributed by atoms with Gasteiger partial charge in [-0.05, 0) is 49.2 Å². The van der Waals surface area contributed by atoms with Gasteiger partial charge < -0.3 is 19.1 Å². The molecule has 0 saturated carbocycles. The Balaban J connectivity index is 1.75. The molecule has 0 bridgehead atoms. The Labute approximate surface area is 208 Å². The first kappa shape index (κ1) is 23.4. The van der Waals surface area contributed by atoms with Crippen molar-refractivity contribution >= 4 is 28.9 Å². The normalized spacial score (nSPS) is 17.2. The number of amides is 1. The number of hydrogen-bond donors (Lipinski definition) is 1. The molecule has 0 saturated heterocycles. The van der Waals surface area contributed by atoms with Crippen molar-refractivity contribution in [3.63, 3.8) is 0 Å². The number of para-hydroxylation sites is 2. The van der Waals surface area contributed by atoms with Gasteiger partial charge in [-0.2, -0.15) is 0 Å². The first-order valence-electron chi connectivity index (χ1n) is 12.0. The molecule has 184 valence electrons. The van der Waals surface area contributed by atoms with Crippen LogP contribution in [-0.2, 0) is 20.9 Å². The van der Waals surface area contributed by atoms with Crippen LogP contribution in [0.3, 0.4) is 0 Å². The van der Waals surface area contributed by atoms with Crippen molar-refractivity contribution < 1.29 is 24.2 Å². The Kier molecular flexibility index (Phi) is 6.33. The number of hydrogen-bond acceptors (Lipinski definition) is 6. The lowest BCUT2D eigenvalue weighted by Gasteiger charge is -2.38. The second-order valence-electron chi connectivity index (χ2n) is 8.52. The zero-order valence-electron chi connectivity index (χ0n) is 20.1. The highest BCUT2D eigenvalue weighted by Crippen LogP contribution is 2.43. The summed E-state index contributed by atoms with van der Waals surface area (Å²) in [5.41, 5.74) is 3.03. The van der Waals surface area contributed by atoms with Crippen LogP contribution in [0.5, 0.6) is 11.5 Å². The first-order chi connectivity index (χ1) is 17.5. The summed E-state index contributed by atoms with van der Waals surface area (Å²) in [6, 6.07) is 21.3. The molecule has 0 unspecified atom stereocenters. The van der Waals surface area contributed by atoms with E-state index in [9.17, 15) is 14.7 Å². The van der Waals surface area contributed by atoms with Crippen molar-refractivity contribution in [1.29, 1.82) is 0 Å². The predicted octanol–water partition coefficient (Wildman–Crippen LogP) is 4.46. The molecule has 1 aliphatic heterocycles. The zero-order chi connectivity index (χ0) is 25.2. The number of esters is 1. The molecule has 5 rings (SSSR count). The molecular weight excluding hydrogens is 458 g/mol. The molecule has 4 aromatic rings. The Hall–Kier alpha value is -4.33. The van der Waals surface area contributed by atoms with Crippen molar-refractivity contribution in [2.45, 2.75) is 26.4 Å². The molecular formula is C28H27N3O5. The Morgan fingerprint density at radius 1 is 1.00 bits per heavy atom. The van der Waals surface area contributed by atoms with E-state index in [0.717, 1.165) is 11.1 Å². The molecule has 2 atom stereocenters. The maximum Gasteiger partial charge on any atom is 0.321 e. The van der Waals surface area contributed by atoms with E-state index < -0.39 is 23.8 Å². The van der Waals surface area contributed by atoms with Gasteiger partial charge >= 0.3 is 5.97 Å². The highest BCUT2D eigenvalue weighted by Gasteiger charge is 2.48. The van der Waals surface area contributed by atoms with Crippen LogP contribution in [0.25, 0.3) is 11.0 Å². The molecule has 1 aliphatic rings. The van der Waals surface area contributed by atoms with Crippen molar-refractivity contribution in [3.05, 3.63) is 83.9 Å². The summed E-state index contributed by atoms with van der Waals surface area (Å²) >= 11 is 0. The lowest BCUT2D eigenvalue weighted by molar-refractivity contribution is -0.153. The van der Waals surface area contributed by atoms with E-state index in [1.54, 1.807) is 24.0 Å². The molecule has 1 amide bonds. The number of nitrogens with zero attached hydrogens (tertiary/aromatic N) is 3. The van der Waals surface area contributed by atoms with Crippen molar-refractivity contribution in [3.8, 4) is 11.5 Å². The molecule has 8 heteroatoms. The summed E-state index contributed by atoms with van der Waals surface area (Å²) in [7, 11) is 0. The largest absolute Gasteiger partial charge is 0.504 e. The fourth-order valence-corrected chi connectivity index (χ4v) is 4.75. The van der Waals surface area contributed by atoms with Crippen molar-refractivity contribution in [2.75, 3.05) is 18.1 Å². The third-order valence-corrected chi connectivity index (χ3v) is 6.29. The highest BCUT2D eigenvalue weighted by atomic mass is 16.5.